The lowest BCUT2D eigenvalue weighted by Gasteiger charge is -2.19. The second kappa shape index (κ2) is 6.40. The molecular weight excluding hydrogens is 216 g/mol. The normalized spacial score (nSPS) is 24.6. The van der Waals surface area contributed by atoms with E-state index in [1.807, 2.05) is 18.2 Å². The van der Waals surface area contributed by atoms with Crippen molar-refractivity contribution in [2.45, 2.75) is 38.7 Å². The Bertz CT molecular complexity index is 352. The van der Waals surface area contributed by atoms with E-state index in [1.165, 1.54) is 6.08 Å². The fourth-order valence-electron chi connectivity index (χ4n) is 1.59. The number of carbonyl (C=O) groups excluding carboxylic acids is 1. The predicted molar refractivity (Wildman–Crippen MR) is 67.5 cm³/mol. The van der Waals surface area contributed by atoms with Gasteiger partial charge in [0.05, 0.1) is 0 Å². The van der Waals surface area contributed by atoms with E-state index < -0.39 is 5.60 Å². The second-order valence-corrected chi connectivity index (χ2v) is 4.21. The molecule has 0 amide bonds. The van der Waals surface area contributed by atoms with Crippen molar-refractivity contribution < 1.29 is 14.6 Å². The number of hydrogen-bond acceptors (Lipinski definition) is 3. The van der Waals surface area contributed by atoms with Crippen molar-refractivity contribution in [3.63, 3.8) is 0 Å². The van der Waals surface area contributed by atoms with Gasteiger partial charge in [-0.3, -0.25) is 4.79 Å². The summed E-state index contributed by atoms with van der Waals surface area (Å²) in [5.74, 6) is 0.627. The molecule has 0 aromatic heterocycles. The summed E-state index contributed by atoms with van der Waals surface area (Å²) >= 11 is 0. The second-order valence-electron chi connectivity index (χ2n) is 4.21. The van der Waals surface area contributed by atoms with Crippen molar-refractivity contribution in [1.82, 2.24) is 0 Å². The Morgan fingerprint density at radius 1 is 1.47 bits per heavy atom. The van der Waals surface area contributed by atoms with Crippen molar-refractivity contribution in [1.29, 1.82) is 0 Å². The molecule has 0 bridgehead atoms. The first kappa shape index (κ1) is 13.7. The standard InChI is InChI=1S/C14H20O3/c1-3-4-5-6-9-14(2)13(16)11-12(17-14)8-7-10-15/h4-6,9,11,15H,3,7-8,10H2,1-2H3/b5-4+,9-6+/t14-/m0/s1. The van der Waals surface area contributed by atoms with Gasteiger partial charge in [0, 0.05) is 19.1 Å². The summed E-state index contributed by atoms with van der Waals surface area (Å²) in [6.07, 6.45) is 11.3. The molecule has 3 nitrogen and oxygen atoms in total. The number of aliphatic hydroxyl groups is 1. The molecule has 1 aliphatic heterocycles. The van der Waals surface area contributed by atoms with Gasteiger partial charge in [-0.25, -0.2) is 0 Å². The maximum atomic E-state index is 11.8. The first-order valence-corrected chi connectivity index (χ1v) is 6.01. The number of allylic oxidation sites excluding steroid dienone is 4. The van der Waals surface area contributed by atoms with Crippen LogP contribution in [0.2, 0.25) is 0 Å². The Morgan fingerprint density at radius 2 is 2.24 bits per heavy atom. The molecule has 0 unspecified atom stereocenters. The van der Waals surface area contributed by atoms with Crippen LogP contribution in [0.25, 0.3) is 0 Å². The van der Waals surface area contributed by atoms with Gasteiger partial charge in [-0.15, -0.1) is 0 Å². The number of rotatable bonds is 6. The highest BCUT2D eigenvalue weighted by Gasteiger charge is 2.36. The monoisotopic (exact) mass is 236 g/mol. The van der Waals surface area contributed by atoms with Gasteiger partial charge < -0.3 is 9.84 Å². The van der Waals surface area contributed by atoms with Crippen LogP contribution < -0.4 is 0 Å². The Hall–Kier alpha value is -1.35. The van der Waals surface area contributed by atoms with Crippen molar-refractivity contribution in [2.75, 3.05) is 6.61 Å². The molecule has 0 aromatic carbocycles. The molecule has 1 atom stereocenters. The maximum Gasteiger partial charge on any atom is 0.206 e. The summed E-state index contributed by atoms with van der Waals surface area (Å²) in [6, 6.07) is 0. The predicted octanol–water partition coefficient (Wildman–Crippen LogP) is 2.52. The summed E-state index contributed by atoms with van der Waals surface area (Å²) in [4.78, 5) is 11.8. The van der Waals surface area contributed by atoms with E-state index in [4.69, 9.17) is 9.84 Å². The smallest absolute Gasteiger partial charge is 0.206 e. The van der Waals surface area contributed by atoms with Crippen LogP contribution in [0.1, 0.15) is 33.1 Å². The lowest BCUT2D eigenvalue weighted by molar-refractivity contribution is -0.124. The minimum atomic E-state index is -0.872. The topological polar surface area (TPSA) is 46.5 Å². The highest BCUT2D eigenvalue weighted by atomic mass is 16.5. The fraction of sp³-hybridized carbons (Fsp3) is 0.500. The van der Waals surface area contributed by atoms with Gasteiger partial charge >= 0.3 is 0 Å². The third-order valence-electron chi connectivity index (χ3n) is 2.60. The van der Waals surface area contributed by atoms with Gasteiger partial charge in [0.2, 0.25) is 5.78 Å². The van der Waals surface area contributed by atoms with Crippen LogP contribution in [-0.2, 0) is 9.53 Å². The molecule has 1 rings (SSSR count). The molecule has 3 heteroatoms. The first-order valence-electron chi connectivity index (χ1n) is 6.01. The zero-order chi connectivity index (χ0) is 12.7. The minimum Gasteiger partial charge on any atom is -0.479 e. The third-order valence-corrected chi connectivity index (χ3v) is 2.60. The number of ether oxygens (including phenoxy) is 1. The summed E-state index contributed by atoms with van der Waals surface area (Å²) in [6.45, 7) is 3.92. The third kappa shape index (κ3) is 3.86. The molecule has 0 aromatic rings. The minimum absolute atomic E-state index is 0.0356. The summed E-state index contributed by atoms with van der Waals surface area (Å²) in [5.41, 5.74) is -0.872. The summed E-state index contributed by atoms with van der Waals surface area (Å²) in [7, 11) is 0. The zero-order valence-corrected chi connectivity index (χ0v) is 10.5. The molecule has 1 N–H and O–H groups in total. The van der Waals surface area contributed by atoms with Crippen LogP contribution in [0, 0.1) is 0 Å². The molecule has 1 heterocycles. The Morgan fingerprint density at radius 3 is 2.88 bits per heavy atom. The summed E-state index contributed by atoms with van der Waals surface area (Å²) in [5, 5.41) is 8.73. The van der Waals surface area contributed by atoms with Crippen LogP contribution in [0.15, 0.2) is 36.1 Å². The van der Waals surface area contributed by atoms with E-state index in [0.29, 0.717) is 18.6 Å². The zero-order valence-electron chi connectivity index (χ0n) is 10.5. The molecule has 94 valence electrons. The van der Waals surface area contributed by atoms with Crippen molar-refractivity contribution >= 4 is 5.78 Å². The average molecular weight is 236 g/mol. The van der Waals surface area contributed by atoms with E-state index >= 15 is 0 Å². The molecule has 17 heavy (non-hydrogen) atoms. The molecule has 0 saturated heterocycles. The van der Waals surface area contributed by atoms with Crippen LogP contribution in [0.5, 0.6) is 0 Å². The van der Waals surface area contributed by atoms with Crippen molar-refractivity contribution in [3.8, 4) is 0 Å². The Labute approximate surface area is 102 Å². The van der Waals surface area contributed by atoms with E-state index in [-0.39, 0.29) is 12.4 Å². The van der Waals surface area contributed by atoms with Gasteiger partial charge in [-0.2, -0.15) is 0 Å². The molecule has 0 radical (unpaired) electrons. The van der Waals surface area contributed by atoms with E-state index in [0.717, 1.165) is 6.42 Å². The highest BCUT2D eigenvalue weighted by molar-refractivity contribution is 6.00. The molecule has 0 saturated carbocycles. The van der Waals surface area contributed by atoms with Gasteiger partial charge in [-0.05, 0) is 25.8 Å². The highest BCUT2D eigenvalue weighted by Crippen LogP contribution is 2.28. The van der Waals surface area contributed by atoms with Crippen LogP contribution in [0.3, 0.4) is 0 Å². The fourth-order valence-corrected chi connectivity index (χ4v) is 1.59. The van der Waals surface area contributed by atoms with Crippen LogP contribution in [0.4, 0.5) is 0 Å². The number of hydrogen-bond donors (Lipinski definition) is 1. The Balaban J connectivity index is 2.59. The van der Waals surface area contributed by atoms with E-state index in [1.54, 1.807) is 13.0 Å². The van der Waals surface area contributed by atoms with Gasteiger partial charge in [0.25, 0.3) is 0 Å². The SMILES string of the molecule is CC/C=C/C=C/[C@]1(C)OC(CCCO)=CC1=O. The van der Waals surface area contributed by atoms with Gasteiger partial charge in [0.1, 0.15) is 5.76 Å². The number of ketones is 1. The summed E-state index contributed by atoms with van der Waals surface area (Å²) < 4.78 is 5.62. The molecule has 0 spiro atoms. The van der Waals surface area contributed by atoms with E-state index in [9.17, 15) is 4.79 Å². The average Bonchev–Trinajstić information content (AvgIpc) is 2.58. The quantitative estimate of drug-likeness (QED) is 0.721. The molecule has 0 fully saturated rings. The lowest BCUT2D eigenvalue weighted by atomic mass is 10.0. The van der Waals surface area contributed by atoms with Crippen LogP contribution in [-0.4, -0.2) is 23.1 Å². The Kier molecular flexibility index (Phi) is 5.16. The number of aliphatic hydroxyl groups excluding tert-OH is 1. The van der Waals surface area contributed by atoms with Crippen LogP contribution >= 0.6 is 0 Å². The first-order chi connectivity index (χ1) is 8.12. The van der Waals surface area contributed by atoms with Crippen molar-refractivity contribution in [2.24, 2.45) is 0 Å². The lowest BCUT2D eigenvalue weighted by Crippen LogP contribution is -2.29. The van der Waals surface area contributed by atoms with Gasteiger partial charge in [0.15, 0.2) is 5.60 Å². The van der Waals surface area contributed by atoms with Gasteiger partial charge in [-0.1, -0.05) is 25.2 Å². The largest absolute Gasteiger partial charge is 0.479 e. The molecule has 0 aliphatic carbocycles. The molecule has 1 aliphatic rings. The molecular formula is C14H20O3. The van der Waals surface area contributed by atoms with E-state index in [2.05, 4.69) is 6.92 Å². The van der Waals surface area contributed by atoms with Crippen molar-refractivity contribution in [3.05, 3.63) is 36.1 Å². The number of carbonyl (C=O) groups is 1. The maximum absolute atomic E-state index is 11.8.